The van der Waals surface area contributed by atoms with Crippen molar-refractivity contribution in [3.8, 4) is 0 Å². The predicted octanol–water partition coefficient (Wildman–Crippen LogP) is 7.30. The van der Waals surface area contributed by atoms with Gasteiger partial charge in [-0.3, -0.25) is 0 Å². The molecular weight excluding hydrogens is 320 g/mol. The van der Waals surface area contributed by atoms with Crippen molar-refractivity contribution < 1.29 is 0 Å². The Balaban J connectivity index is 3.41. The zero-order chi connectivity index (χ0) is 15.4. The summed E-state index contributed by atoms with van der Waals surface area (Å²) in [4.78, 5) is 0. The summed E-state index contributed by atoms with van der Waals surface area (Å²) in [5, 5.41) is 1.12. The van der Waals surface area contributed by atoms with E-state index in [-0.39, 0.29) is 0 Å². The molecule has 0 fully saturated rings. The predicted molar refractivity (Wildman–Crippen MR) is 102 cm³/mol. The van der Waals surface area contributed by atoms with Gasteiger partial charge in [-0.25, -0.2) is 0 Å². The lowest BCUT2D eigenvalue weighted by Gasteiger charge is -1.90. The van der Waals surface area contributed by atoms with Crippen LogP contribution in [0.25, 0.3) is 0 Å². The fourth-order valence-electron chi connectivity index (χ4n) is 1.73. The summed E-state index contributed by atoms with van der Waals surface area (Å²) in [6.07, 6.45) is 31.5. The third kappa shape index (κ3) is 19.2. The second-order valence-electron chi connectivity index (χ2n) is 4.89. The standard InChI is InChI=1S/C20H31Br/c1-2-3-4-5-6-7-8-9-10-11-12-13-14-15-16-17-18-19-20-21/h3-4,6-7,9-10,12-13,15-16H,2,5,8,11,14,17-20H2,1H3/b4-3+,7-6+,10-9+,13-12+,16-15+. The van der Waals surface area contributed by atoms with Crippen LogP contribution in [0.2, 0.25) is 0 Å². The summed E-state index contributed by atoms with van der Waals surface area (Å²) >= 11 is 3.45. The first-order valence-electron chi connectivity index (χ1n) is 8.22. The second kappa shape index (κ2) is 19.2. The fourth-order valence-corrected chi connectivity index (χ4v) is 2.12. The normalized spacial score (nSPS) is 13.0. The monoisotopic (exact) mass is 350 g/mol. The van der Waals surface area contributed by atoms with Crippen molar-refractivity contribution in [2.45, 2.75) is 58.3 Å². The smallest absolute Gasteiger partial charge is 0.00314 e. The minimum absolute atomic E-state index is 1.04. The largest absolute Gasteiger partial charge is 0.0928 e. The van der Waals surface area contributed by atoms with Crippen molar-refractivity contribution in [2.24, 2.45) is 0 Å². The number of hydrogen-bond donors (Lipinski definition) is 0. The summed E-state index contributed by atoms with van der Waals surface area (Å²) < 4.78 is 0. The van der Waals surface area contributed by atoms with Gasteiger partial charge in [-0.15, -0.1) is 0 Å². The molecule has 21 heavy (non-hydrogen) atoms. The van der Waals surface area contributed by atoms with Gasteiger partial charge in [-0.05, 0) is 51.4 Å². The fraction of sp³-hybridized carbons (Fsp3) is 0.500. The Morgan fingerprint density at radius 2 is 1.00 bits per heavy atom. The highest BCUT2D eigenvalue weighted by Gasteiger charge is 1.81. The maximum absolute atomic E-state index is 3.45. The topological polar surface area (TPSA) is 0 Å². The van der Waals surface area contributed by atoms with Crippen LogP contribution in [0.4, 0.5) is 0 Å². The Morgan fingerprint density at radius 3 is 1.43 bits per heavy atom. The molecule has 0 aliphatic heterocycles. The van der Waals surface area contributed by atoms with Gasteiger partial charge in [-0.2, -0.15) is 0 Å². The van der Waals surface area contributed by atoms with Gasteiger partial charge in [0.05, 0.1) is 0 Å². The van der Waals surface area contributed by atoms with E-state index in [0.717, 1.165) is 37.4 Å². The van der Waals surface area contributed by atoms with E-state index in [2.05, 4.69) is 83.6 Å². The summed E-state index contributed by atoms with van der Waals surface area (Å²) in [5.41, 5.74) is 0. The molecule has 0 N–H and O–H groups in total. The molecule has 0 bridgehead atoms. The third-order valence-corrected chi connectivity index (χ3v) is 3.47. The van der Waals surface area contributed by atoms with E-state index in [1.54, 1.807) is 0 Å². The highest BCUT2D eigenvalue weighted by atomic mass is 79.9. The van der Waals surface area contributed by atoms with Crippen LogP contribution >= 0.6 is 15.9 Å². The lowest BCUT2D eigenvalue weighted by atomic mass is 10.2. The Morgan fingerprint density at radius 1 is 0.571 bits per heavy atom. The van der Waals surface area contributed by atoms with Crippen molar-refractivity contribution in [3.05, 3.63) is 60.8 Å². The van der Waals surface area contributed by atoms with Crippen molar-refractivity contribution in [1.29, 1.82) is 0 Å². The minimum Gasteiger partial charge on any atom is -0.0928 e. The molecule has 1 heteroatoms. The van der Waals surface area contributed by atoms with E-state index in [9.17, 15) is 0 Å². The molecule has 0 unspecified atom stereocenters. The van der Waals surface area contributed by atoms with Crippen LogP contribution in [0, 0.1) is 0 Å². The summed E-state index contributed by atoms with van der Waals surface area (Å²) in [7, 11) is 0. The molecule has 0 amide bonds. The number of unbranched alkanes of at least 4 members (excludes halogenated alkanes) is 2. The Labute approximate surface area is 140 Å². The molecule has 0 saturated carbocycles. The van der Waals surface area contributed by atoms with Gasteiger partial charge in [-0.1, -0.05) is 83.6 Å². The Kier molecular flexibility index (Phi) is 18.4. The lowest BCUT2D eigenvalue weighted by molar-refractivity contribution is 0.825. The zero-order valence-electron chi connectivity index (χ0n) is 13.5. The van der Waals surface area contributed by atoms with Crippen molar-refractivity contribution in [1.82, 2.24) is 0 Å². The molecule has 0 aromatic rings. The van der Waals surface area contributed by atoms with E-state index in [1.165, 1.54) is 19.3 Å². The average Bonchev–Trinajstić information content (AvgIpc) is 2.50. The zero-order valence-corrected chi connectivity index (χ0v) is 15.1. The van der Waals surface area contributed by atoms with Crippen LogP contribution in [0.15, 0.2) is 60.8 Å². The highest BCUT2D eigenvalue weighted by Crippen LogP contribution is 2.00. The van der Waals surface area contributed by atoms with Gasteiger partial charge < -0.3 is 0 Å². The first kappa shape index (κ1) is 20.2. The van der Waals surface area contributed by atoms with Crippen LogP contribution in [0.3, 0.4) is 0 Å². The summed E-state index contributed by atoms with van der Waals surface area (Å²) in [5.74, 6) is 0. The average molecular weight is 351 g/mol. The first-order chi connectivity index (χ1) is 10.4. The van der Waals surface area contributed by atoms with Gasteiger partial charge in [0.15, 0.2) is 0 Å². The highest BCUT2D eigenvalue weighted by molar-refractivity contribution is 9.09. The van der Waals surface area contributed by atoms with Gasteiger partial charge in [0.25, 0.3) is 0 Å². The van der Waals surface area contributed by atoms with Crippen molar-refractivity contribution in [2.75, 3.05) is 5.33 Å². The molecule has 0 atom stereocenters. The molecule has 0 spiro atoms. The van der Waals surface area contributed by atoms with Crippen LogP contribution in [-0.4, -0.2) is 5.33 Å². The van der Waals surface area contributed by atoms with Gasteiger partial charge >= 0.3 is 0 Å². The van der Waals surface area contributed by atoms with E-state index in [4.69, 9.17) is 0 Å². The number of rotatable bonds is 13. The Bertz CT molecular complexity index is 332. The van der Waals surface area contributed by atoms with E-state index >= 15 is 0 Å². The number of allylic oxidation sites excluding steroid dienone is 10. The van der Waals surface area contributed by atoms with Crippen LogP contribution < -0.4 is 0 Å². The van der Waals surface area contributed by atoms with Crippen LogP contribution in [-0.2, 0) is 0 Å². The van der Waals surface area contributed by atoms with Crippen LogP contribution in [0.1, 0.15) is 58.3 Å². The molecule has 0 aromatic heterocycles. The molecule has 0 saturated heterocycles. The van der Waals surface area contributed by atoms with Gasteiger partial charge in [0.1, 0.15) is 0 Å². The quantitative estimate of drug-likeness (QED) is 0.185. The molecule has 0 aliphatic rings. The molecule has 0 nitrogen and oxygen atoms in total. The van der Waals surface area contributed by atoms with Gasteiger partial charge in [0.2, 0.25) is 0 Å². The third-order valence-electron chi connectivity index (χ3n) is 2.91. The first-order valence-corrected chi connectivity index (χ1v) is 9.34. The Hall–Kier alpha value is -0.820. The molecule has 118 valence electrons. The maximum Gasteiger partial charge on any atom is 0.00314 e. The maximum atomic E-state index is 3.45. The molecule has 0 heterocycles. The van der Waals surface area contributed by atoms with E-state index < -0.39 is 0 Å². The lowest BCUT2D eigenvalue weighted by Crippen LogP contribution is -1.73. The molecule has 0 aliphatic carbocycles. The minimum atomic E-state index is 1.04. The number of alkyl halides is 1. The summed E-state index contributed by atoms with van der Waals surface area (Å²) in [6.45, 7) is 2.16. The molecular formula is C20H31Br. The molecule has 0 aromatic carbocycles. The summed E-state index contributed by atoms with van der Waals surface area (Å²) in [6, 6.07) is 0. The number of hydrogen-bond acceptors (Lipinski definition) is 0. The number of halogens is 1. The van der Waals surface area contributed by atoms with Crippen LogP contribution in [0.5, 0.6) is 0 Å². The molecule has 0 radical (unpaired) electrons. The second-order valence-corrected chi connectivity index (χ2v) is 5.69. The van der Waals surface area contributed by atoms with Crippen molar-refractivity contribution in [3.63, 3.8) is 0 Å². The molecule has 0 rings (SSSR count). The van der Waals surface area contributed by atoms with E-state index in [1.807, 2.05) is 0 Å². The van der Waals surface area contributed by atoms with Gasteiger partial charge in [0, 0.05) is 5.33 Å². The van der Waals surface area contributed by atoms with E-state index in [0.29, 0.717) is 0 Å². The SMILES string of the molecule is CC/C=C/C/C=C/C/C=C/C/C=C/C/C=C/CCCCBr. The van der Waals surface area contributed by atoms with Crippen molar-refractivity contribution >= 4 is 15.9 Å².